The molecule has 1 aromatic heterocycles. The number of fused-ring (bicyclic) bond motifs is 1. The normalized spacial score (nSPS) is 25.5. The highest BCUT2D eigenvalue weighted by Gasteiger charge is 2.53. The number of rotatable bonds is 4. The number of nitrogens with zero attached hydrogens (tertiary/aromatic N) is 1. The molecular formula is C15H16N2O5S2. The molecule has 3 heterocycles. The summed E-state index contributed by atoms with van der Waals surface area (Å²) in [5.74, 6) is -1.44. The molecule has 1 aromatic rings. The molecule has 0 unspecified atom stereocenters. The summed E-state index contributed by atoms with van der Waals surface area (Å²) in [5.41, 5.74) is 0. The average molecular weight is 368 g/mol. The number of hydrogen-bond donors (Lipinski definition) is 1. The van der Waals surface area contributed by atoms with E-state index in [1.54, 1.807) is 34.2 Å². The van der Waals surface area contributed by atoms with Gasteiger partial charge in [0, 0.05) is 12.2 Å². The van der Waals surface area contributed by atoms with E-state index in [0.717, 1.165) is 0 Å². The molecular weight excluding hydrogens is 352 g/mol. The zero-order chi connectivity index (χ0) is 17.3. The van der Waals surface area contributed by atoms with Crippen LogP contribution in [0.2, 0.25) is 0 Å². The molecule has 3 amide bonds. The highest BCUT2D eigenvalue weighted by molar-refractivity contribution is 8.01. The van der Waals surface area contributed by atoms with Crippen molar-refractivity contribution in [2.45, 2.75) is 30.7 Å². The Morgan fingerprint density at radius 3 is 2.96 bits per heavy atom. The van der Waals surface area contributed by atoms with Crippen LogP contribution in [0.4, 0.5) is 0 Å². The Kier molecular flexibility index (Phi) is 4.64. The second-order valence-corrected chi connectivity index (χ2v) is 8.18. The summed E-state index contributed by atoms with van der Waals surface area (Å²) in [5, 5.41) is 3.88. The molecule has 0 aliphatic carbocycles. The van der Waals surface area contributed by atoms with Crippen LogP contribution in [0.5, 0.6) is 0 Å². The first-order chi connectivity index (χ1) is 11.4. The van der Waals surface area contributed by atoms with Crippen molar-refractivity contribution in [3.05, 3.63) is 22.4 Å². The molecule has 2 fully saturated rings. The maximum atomic E-state index is 12.2. The van der Waals surface area contributed by atoms with Gasteiger partial charge in [0.25, 0.3) is 11.8 Å². The summed E-state index contributed by atoms with van der Waals surface area (Å²) in [4.78, 5) is 49.2. The molecule has 0 radical (unpaired) electrons. The first-order valence-electron chi connectivity index (χ1n) is 7.41. The van der Waals surface area contributed by atoms with Gasteiger partial charge in [-0.1, -0.05) is 6.07 Å². The third kappa shape index (κ3) is 3.18. The molecule has 2 aliphatic rings. The minimum absolute atomic E-state index is 0.0678. The van der Waals surface area contributed by atoms with E-state index in [1.807, 2.05) is 6.92 Å². The molecule has 7 nitrogen and oxygen atoms in total. The van der Waals surface area contributed by atoms with Crippen LogP contribution < -0.4 is 5.32 Å². The van der Waals surface area contributed by atoms with Gasteiger partial charge >= 0.3 is 5.97 Å². The van der Waals surface area contributed by atoms with E-state index in [0.29, 0.717) is 23.5 Å². The van der Waals surface area contributed by atoms with E-state index in [-0.39, 0.29) is 10.8 Å². The fraction of sp³-hybridized carbons (Fsp3) is 0.467. The Bertz CT molecular complexity index is 690. The van der Waals surface area contributed by atoms with Crippen LogP contribution in [0.25, 0.3) is 0 Å². The summed E-state index contributed by atoms with van der Waals surface area (Å²) < 4.78 is 5.00. The van der Waals surface area contributed by atoms with E-state index in [9.17, 15) is 19.2 Å². The Labute approximate surface area is 146 Å². The summed E-state index contributed by atoms with van der Waals surface area (Å²) in [6.45, 7) is 1.39. The largest absolute Gasteiger partial charge is 0.454 e. The minimum Gasteiger partial charge on any atom is -0.454 e. The highest BCUT2D eigenvalue weighted by Crippen LogP contribution is 2.47. The lowest BCUT2D eigenvalue weighted by Crippen LogP contribution is -2.47. The molecule has 0 spiro atoms. The Hall–Kier alpha value is -1.87. The van der Waals surface area contributed by atoms with Crippen molar-refractivity contribution < 1.29 is 23.9 Å². The van der Waals surface area contributed by atoms with E-state index in [1.165, 1.54) is 11.3 Å². The fourth-order valence-corrected chi connectivity index (χ4v) is 4.90. The zero-order valence-electron chi connectivity index (χ0n) is 12.9. The van der Waals surface area contributed by atoms with Gasteiger partial charge in [0.2, 0.25) is 5.91 Å². The van der Waals surface area contributed by atoms with Crippen molar-refractivity contribution in [1.82, 2.24) is 10.2 Å². The maximum absolute atomic E-state index is 12.2. The van der Waals surface area contributed by atoms with Gasteiger partial charge in [-0.15, -0.1) is 23.1 Å². The minimum atomic E-state index is -0.692. The maximum Gasteiger partial charge on any atom is 0.330 e. The zero-order valence-corrected chi connectivity index (χ0v) is 14.6. The van der Waals surface area contributed by atoms with Crippen LogP contribution in [-0.2, 0) is 19.1 Å². The quantitative estimate of drug-likeness (QED) is 0.797. The van der Waals surface area contributed by atoms with Gasteiger partial charge in [-0.25, -0.2) is 4.79 Å². The molecule has 2 saturated heterocycles. The lowest BCUT2D eigenvalue weighted by molar-refractivity contribution is -0.156. The van der Waals surface area contributed by atoms with Crippen LogP contribution in [-0.4, -0.2) is 51.9 Å². The first kappa shape index (κ1) is 17.0. The topological polar surface area (TPSA) is 92.8 Å². The smallest absolute Gasteiger partial charge is 0.330 e. The molecule has 3 rings (SSSR count). The van der Waals surface area contributed by atoms with Crippen molar-refractivity contribution in [3.63, 3.8) is 0 Å². The van der Waals surface area contributed by atoms with Gasteiger partial charge in [-0.05, 0) is 24.8 Å². The number of ether oxygens (including phenoxy) is 1. The van der Waals surface area contributed by atoms with Crippen molar-refractivity contribution in [2.75, 3.05) is 12.4 Å². The third-order valence-corrected chi connectivity index (χ3v) is 6.43. The van der Waals surface area contributed by atoms with Gasteiger partial charge in [0.15, 0.2) is 6.61 Å². The second-order valence-electron chi connectivity index (χ2n) is 5.73. The predicted octanol–water partition coefficient (Wildman–Crippen LogP) is 1.00. The predicted molar refractivity (Wildman–Crippen MR) is 88.5 cm³/mol. The molecule has 2 atom stereocenters. The van der Waals surface area contributed by atoms with Crippen LogP contribution in [0, 0.1) is 0 Å². The number of carbonyl (C=O) groups excluding carboxylic acids is 4. The van der Waals surface area contributed by atoms with Gasteiger partial charge in [-0.2, -0.15) is 0 Å². The lowest BCUT2D eigenvalue weighted by Gasteiger charge is -2.29. The van der Waals surface area contributed by atoms with Gasteiger partial charge in [-0.3, -0.25) is 19.7 Å². The SMILES string of the molecule is C[C@@]12CCC(=O)N1[C@@H](C(=O)OCC(=O)NC(=O)c1cccs1)CS2. The standard InChI is InChI=1S/C15H16N2O5S2/c1-15-5-4-12(19)17(15)9(8-24-15)14(21)22-7-11(18)16-13(20)10-3-2-6-23-10/h2-3,6,9H,4-5,7-8H2,1H3,(H,16,18,20)/t9-,15-/m1/s1. The molecule has 9 heteroatoms. The van der Waals surface area contributed by atoms with E-state index in [4.69, 9.17) is 4.74 Å². The van der Waals surface area contributed by atoms with E-state index in [2.05, 4.69) is 5.32 Å². The van der Waals surface area contributed by atoms with Crippen molar-refractivity contribution >= 4 is 46.8 Å². The monoisotopic (exact) mass is 368 g/mol. The first-order valence-corrected chi connectivity index (χ1v) is 9.28. The van der Waals surface area contributed by atoms with Crippen LogP contribution in [0.15, 0.2) is 17.5 Å². The molecule has 24 heavy (non-hydrogen) atoms. The van der Waals surface area contributed by atoms with Crippen LogP contribution >= 0.6 is 23.1 Å². The molecule has 0 saturated carbocycles. The van der Waals surface area contributed by atoms with Crippen molar-refractivity contribution in [1.29, 1.82) is 0 Å². The van der Waals surface area contributed by atoms with Crippen LogP contribution in [0.3, 0.4) is 0 Å². The number of thioether (sulfide) groups is 1. The number of nitrogens with one attached hydrogen (secondary N) is 1. The third-order valence-electron chi connectivity index (χ3n) is 4.06. The van der Waals surface area contributed by atoms with Gasteiger partial charge < -0.3 is 9.64 Å². The Balaban J connectivity index is 1.51. The van der Waals surface area contributed by atoms with Gasteiger partial charge in [0.05, 0.1) is 9.75 Å². The summed E-state index contributed by atoms with van der Waals surface area (Å²) in [7, 11) is 0. The van der Waals surface area contributed by atoms with E-state index < -0.39 is 30.4 Å². The summed E-state index contributed by atoms with van der Waals surface area (Å²) >= 11 is 2.76. The number of hydrogen-bond acceptors (Lipinski definition) is 7. The number of carbonyl (C=O) groups is 4. The molecule has 1 N–H and O–H groups in total. The summed E-state index contributed by atoms with van der Waals surface area (Å²) in [6, 6.07) is 2.62. The number of esters is 1. The van der Waals surface area contributed by atoms with Crippen LogP contribution in [0.1, 0.15) is 29.4 Å². The second kappa shape index (κ2) is 6.56. The molecule has 0 bridgehead atoms. The molecule has 128 valence electrons. The molecule has 2 aliphatic heterocycles. The van der Waals surface area contributed by atoms with E-state index >= 15 is 0 Å². The molecule has 0 aromatic carbocycles. The fourth-order valence-electron chi connectivity index (χ4n) is 2.86. The Morgan fingerprint density at radius 2 is 2.25 bits per heavy atom. The Morgan fingerprint density at radius 1 is 1.46 bits per heavy atom. The van der Waals surface area contributed by atoms with Crippen molar-refractivity contribution in [2.24, 2.45) is 0 Å². The lowest BCUT2D eigenvalue weighted by atomic mass is 10.2. The number of amides is 3. The highest BCUT2D eigenvalue weighted by atomic mass is 32.2. The number of thiophene rings is 1. The number of imide groups is 1. The summed E-state index contributed by atoms with van der Waals surface area (Å²) in [6.07, 6.45) is 1.12. The average Bonchev–Trinajstić information content (AvgIpc) is 3.23. The van der Waals surface area contributed by atoms with Gasteiger partial charge in [0.1, 0.15) is 6.04 Å². The van der Waals surface area contributed by atoms with Crippen molar-refractivity contribution in [3.8, 4) is 0 Å².